The highest BCUT2D eigenvalue weighted by Gasteiger charge is 2.36. The van der Waals surface area contributed by atoms with Crippen molar-refractivity contribution in [3.05, 3.63) is 29.8 Å². The molecule has 138 valence electrons. The highest BCUT2D eigenvalue weighted by molar-refractivity contribution is 5.87. The number of likely N-dealkylation sites (tertiary alicyclic amines) is 1. The molecule has 1 heterocycles. The first kappa shape index (κ1) is 19.2. The summed E-state index contributed by atoms with van der Waals surface area (Å²) in [6.07, 6.45) is 1.42. The topological polar surface area (TPSA) is 70.1 Å². The monoisotopic (exact) mass is 348 g/mol. The molecule has 0 aromatic heterocycles. The molecule has 2 unspecified atom stereocenters. The smallest absolute Gasteiger partial charge is 0.335 e. The van der Waals surface area contributed by atoms with Gasteiger partial charge in [0.2, 0.25) is 5.91 Å². The molecule has 1 aromatic rings. The average Bonchev–Trinajstić information content (AvgIpc) is 2.97. The van der Waals surface area contributed by atoms with Crippen molar-refractivity contribution in [2.24, 2.45) is 5.92 Å². The minimum Gasteiger partial charge on any atom is -0.491 e. The lowest BCUT2D eigenvalue weighted by Gasteiger charge is -2.25. The van der Waals surface area contributed by atoms with Gasteiger partial charge in [-0.25, -0.2) is 4.79 Å². The fourth-order valence-electron chi connectivity index (χ4n) is 3.08. The number of amides is 1. The van der Waals surface area contributed by atoms with E-state index in [1.807, 2.05) is 32.8 Å². The summed E-state index contributed by atoms with van der Waals surface area (Å²) < 4.78 is 5.83. The van der Waals surface area contributed by atoms with Crippen LogP contribution in [0.5, 0.6) is 5.75 Å². The van der Waals surface area contributed by atoms with Crippen molar-refractivity contribution in [1.29, 1.82) is 0 Å². The molecule has 1 aliphatic rings. The van der Waals surface area contributed by atoms with Gasteiger partial charge in [0.1, 0.15) is 12.4 Å². The maximum atomic E-state index is 12.6. The molecule has 0 radical (unpaired) electrons. The second-order valence-electron chi connectivity index (χ2n) is 7.29. The fraction of sp³-hybridized carbons (Fsp3) is 0.579. The minimum absolute atomic E-state index is 0.0396. The molecular weight excluding hydrogens is 320 g/mol. The Balaban J connectivity index is 2.01. The predicted molar refractivity (Wildman–Crippen MR) is 95.9 cm³/mol. The van der Waals surface area contributed by atoms with E-state index in [1.165, 1.54) is 12.1 Å². The third kappa shape index (κ3) is 5.19. The zero-order chi connectivity index (χ0) is 18.6. The van der Waals surface area contributed by atoms with Crippen LogP contribution < -0.4 is 4.74 Å². The second-order valence-corrected chi connectivity index (χ2v) is 7.29. The summed E-state index contributed by atoms with van der Waals surface area (Å²) in [5.74, 6) is 0.168. The molecule has 2 rings (SSSR count). The first-order chi connectivity index (χ1) is 11.8. The molecular formula is C19H28N2O4. The number of ether oxygens (including phenoxy) is 1. The number of nitrogens with zero attached hydrogens (tertiary/aromatic N) is 2. The SMILES string of the molecule is CC(C)CC(=O)N1CC(N(C)C)CC1COc1ccc(C(=O)O)cc1. The van der Waals surface area contributed by atoms with Gasteiger partial charge in [-0.1, -0.05) is 13.8 Å². The summed E-state index contributed by atoms with van der Waals surface area (Å²) in [5, 5.41) is 8.94. The van der Waals surface area contributed by atoms with Gasteiger partial charge in [0.25, 0.3) is 0 Å². The van der Waals surface area contributed by atoms with Crippen LogP contribution in [0, 0.1) is 5.92 Å². The summed E-state index contributed by atoms with van der Waals surface area (Å²) in [7, 11) is 4.06. The van der Waals surface area contributed by atoms with E-state index < -0.39 is 5.97 Å². The number of hydrogen-bond donors (Lipinski definition) is 1. The summed E-state index contributed by atoms with van der Waals surface area (Å²) in [6.45, 7) is 5.24. The van der Waals surface area contributed by atoms with Crippen LogP contribution >= 0.6 is 0 Å². The zero-order valence-corrected chi connectivity index (χ0v) is 15.4. The van der Waals surface area contributed by atoms with E-state index in [-0.39, 0.29) is 17.5 Å². The van der Waals surface area contributed by atoms with Gasteiger partial charge >= 0.3 is 5.97 Å². The molecule has 2 atom stereocenters. The van der Waals surface area contributed by atoms with Gasteiger partial charge in [0, 0.05) is 19.0 Å². The summed E-state index contributed by atoms with van der Waals surface area (Å²) in [6, 6.07) is 6.73. The van der Waals surface area contributed by atoms with E-state index in [9.17, 15) is 9.59 Å². The van der Waals surface area contributed by atoms with E-state index in [4.69, 9.17) is 9.84 Å². The van der Waals surface area contributed by atoms with E-state index in [2.05, 4.69) is 4.90 Å². The van der Waals surface area contributed by atoms with E-state index in [0.29, 0.717) is 30.7 Å². The Bertz CT molecular complexity index is 598. The van der Waals surface area contributed by atoms with Crippen molar-refractivity contribution in [2.45, 2.75) is 38.8 Å². The molecule has 1 aliphatic heterocycles. The number of carbonyl (C=O) groups excluding carboxylic acids is 1. The minimum atomic E-state index is -0.957. The van der Waals surface area contributed by atoms with Crippen LogP contribution in [0.15, 0.2) is 24.3 Å². The summed E-state index contributed by atoms with van der Waals surface area (Å²) in [4.78, 5) is 27.5. The van der Waals surface area contributed by atoms with Gasteiger partial charge < -0.3 is 19.6 Å². The molecule has 6 heteroatoms. The number of hydrogen-bond acceptors (Lipinski definition) is 4. The Hall–Kier alpha value is -2.08. The maximum Gasteiger partial charge on any atom is 0.335 e. The largest absolute Gasteiger partial charge is 0.491 e. The first-order valence-corrected chi connectivity index (χ1v) is 8.70. The number of rotatable bonds is 7. The van der Waals surface area contributed by atoms with Gasteiger partial charge in [-0.2, -0.15) is 0 Å². The maximum absolute atomic E-state index is 12.6. The number of carbonyl (C=O) groups is 2. The van der Waals surface area contributed by atoms with Gasteiger partial charge in [-0.05, 0) is 50.7 Å². The zero-order valence-electron chi connectivity index (χ0n) is 15.4. The number of likely N-dealkylation sites (N-methyl/N-ethyl adjacent to an activating group) is 1. The molecule has 25 heavy (non-hydrogen) atoms. The average molecular weight is 348 g/mol. The van der Waals surface area contributed by atoms with E-state index in [1.54, 1.807) is 12.1 Å². The van der Waals surface area contributed by atoms with Crippen LogP contribution in [0.25, 0.3) is 0 Å². The quantitative estimate of drug-likeness (QED) is 0.819. The number of benzene rings is 1. The lowest BCUT2D eigenvalue weighted by Crippen LogP contribution is -2.40. The molecule has 0 spiro atoms. The third-order valence-corrected chi connectivity index (χ3v) is 4.57. The Morgan fingerprint density at radius 2 is 1.92 bits per heavy atom. The van der Waals surface area contributed by atoms with Crippen LogP contribution in [-0.4, -0.2) is 66.1 Å². The van der Waals surface area contributed by atoms with Crippen LogP contribution in [0.1, 0.15) is 37.0 Å². The van der Waals surface area contributed by atoms with Crippen LogP contribution in [0.3, 0.4) is 0 Å². The number of carboxylic acid groups (broad SMARTS) is 1. The second kappa shape index (κ2) is 8.34. The van der Waals surface area contributed by atoms with Crippen LogP contribution in [0.2, 0.25) is 0 Å². The molecule has 0 bridgehead atoms. The highest BCUT2D eigenvalue weighted by Crippen LogP contribution is 2.24. The number of aromatic carboxylic acids is 1. The van der Waals surface area contributed by atoms with Crippen molar-refractivity contribution in [3.63, 3.8) is 0 Å². The van der Waals surface area contributed by atoms with Gasteiger partial charge in [-0.15, -0.1) is 0 Å². The normalized spacial score (nSPS) is 20.3. The molecule has 1 fully saturated rings. The van der Waals surface area contributed by atoms with Crippen LogP contribution in [-0.2, 0) is 4.79 Å². The molecule has 1 amide bonds. The van der Waals surface area contributed by atoms with Crippen LogP contribution in [0.4, 0.5) is 0 Å². The van der Waals surface area contributed by atoms with Crippen molar-refractivity contribution in [1.82, 2.24) is 9.80 Å². The Morgan fingerprint density at radius 1 is 1.28 bits per heavy atom. The number of carboxylic acids is 1. The van der Waals surface area contributed by atoms with Crippen molar-refractivity contribution >= 4 is 11.9 Å². The molecule has 1 saturated heterocycles. The van der Waals surface area contributed by atoms with Crippen molar-refractivity contribution in [3.8, 4) is 5.75 Å². The van der Waals surface area contributed by atoms with Gasteiger partial charge in [-0.3, -0.25) is 4.79 Å². The Labute approximate surface area is 149 Å². The van der Waals surface area contributed by atoms with E-state index in [0.717, 1.165) is 13.0 Å². The fourth-order valence-corrected chi connectivity index (χ4v) is 3.08. The lowest BCUT2D eigenvalue weighted by molar-refractivity contribution is -0.133. The molecule has 1 N–H and O–H groups in total. The lowest BCUT2D eigenvalue weighted by atomic mass is 10.1. The molecule has 0 aliphatic carbocycles. The van der Waals surface area contributed by atoms with Crippen molar-refractivity contribution in [2.75, 3.05) is 27.2 Å². The summed E-state index contributed by atoms with van der Waals surface area (Å²) >= 11 is 0. The standard InChI is InChI=1S/C19H28N2O4/c1-13(2)9-18(22)21-11-15(20(3)4)10-16(21)12-25-17-7-5-14(6-8-17)19(23)24/h5-8,13,15-16H,9-12H2,1-4H3,(H,23,24). The van der Waals surface area contributed by atoms with Crippen molar-refractivity contribution < 1.29 is 19.4 Å². The first-order valence-electron chi connectivity index (χ1n) is 8.70. The highest BCUT2D eigenvalue weighted by atomic mass is 16.5. The molecule has 0 saturated carbocycles. The molecule has 6 nitrogen and oxygen atoms in total. The third-order valence-electron chi connectivity index (χ3n) is 4.57. The Morgan fingerprint density at radius 3 is 2.44 bits per heavy atom. The Kier molecular flexibility index (Phi) is 6.42. The molecule has 1 aromatic carbocycles. The van der Waals surface area contributed by atoms with E-state index >= 15 is 0 Å². The van der Waals surface area contributed by atoms with Gasteiger partial charge in [0.15, 0.2) is 0 Å². The van der Waals surface area contributed by atoms with Gasteiger partial charge in [0.05, 0.1) is 11.6 Å². The predicted octanol–water partition coefficient (Wildman–Crippen LogP) is 2.34. The summed E-state index contributed by atoms with van der Waals surface area (Å²) in [5.41, 5.74) is 0.231.